The van der Waals surface area contributed by atoms with Gasteiger partial charge in [-0.1, -0.05) is 24.3 Å². The monoisotopic (exact) mass is 431 g/mol. The molecule has 0 spiro atoms. The number of hydrogen-bond donors (Lipinski definition) is 4. The van der Waals surface area contributed by atoms with Crippen LogP contribution in [0.5, 0.6) is 0 Å². The molecule has 3 atom stereocenters. The topological polar surface area (TPSA) is 99.7 Å². The fourth-order valence-electron chi connectivity index (χ4n) is 3.09. The van der Waals surface area contributed by atoms with Crippen molar-refractivity contribution in [2.45, 2.75) is 31.2 Å². The maximum atomic E-state index is 13.2. The Bertz CT molecular complexity index is 937. The number of hydrogen-bond acceptors (Lipinski definition) is 4. The van der Waals surface area contributed by atoms with Gasteiger partial charge in [0.25, 0.3) is 0 Å². The lowest BCUT2D eigenvalue weighted by Gasteiger charge is -2.31. The lowest BCUT2D eigenvalue weighted by molar-refractivity contribution is -0.125. The van der Waals surface area contributed by atoms with Crippen molar-refractivity contribution in [1.29, 1.82) is 0 Å². The third-order valence-electron chi connectivity index (χ3n) is 4.63. The number of amides is 3. The number of anilines is 1. The zero-order valence-electron chi connectivity index (χ0n) is 16.6. The zero-order valence-corrected chi connectivity index (χ0v) is 16.6. The largest absolute Gasteiger partial charge is 0.394 e. The summed E-state index contributed by atoms with van der Waals surface area (Å²) in [5.74, 6) is -1.09. The molecule has 0 unspecified atom stereocenters. The second-order valence-electron chi connectivity index (χ2n) is 7.02. The van der Waals surface area contributed by atoms with Gasteiger partial charge in [-0.2, -0.15) is 0 Å². The number of urea groups is 1. The number of ether oxygens (including phenoxy) is 1. The first-order valence-corrected chi connectivity index (χ1v) is 9.72. The summed E-state index contributed by atoms with van der Waals surface area (Å²) in [6.45, 7) is -0.183. The van der Waals surface area contributed by atoms with Crippen molar-refractivity contribution < 1.29 is 28.2 Å². The minimum atomic E-state index is -0.745. The van der Waals surface area contributed by atoms with Gasteiger partial charge in [0, 0.05) is 12.2 Å². The second kappa shape index (κ2) is 10.6. The molecule has 1 aliphatic heterocycles. The van der Waals surface area contributed by atoms with Crippen molar-refractivity contribution in [2.75, 3.05) is 11.9 Å². The molecule has 2 aromatic carbocycles. The van der Waals surface area contributed by atoms with E-state index in [1.54, 1.807) is 24.3 Å². The number of benzene rings is 2. The highest BCUT2D eigenvalue weighted by Gasteiger charge is 2.29. The van der Waals surface area contributed by atoms with Gasteiger partial charge >= 0.3 is 6.03 Å². The quantitative estimate of drug-likeness (QED) is 0.506. The number of aliphatic hydroxyl groups excluding tert-OH is 1. The molecule has 164 valence electrons. The fourth-order valence-corrected chi connectivity index (χ4v) is 3.09. The first-order valence-electron chi connectivity index (χ1n) is 9.72. The smallest absolute Gasteiger partial charge is 0.319 e. The molecule has 3 amide bonds. The molecule has 1 heterocycles. The maximum Gasteiger partial charge on any atom is 0.319 e. The number of rotatable bonds is 7. The van der Waals surface area contributed by atoms with Crippen LogP contribution in [-0.4, -0.2) is 41.9 Å². The minimum Gasteiger partial charge on any atom is -0.394 e. The number of carbonyl (C=O) groups is 2. The van der Waals surface area contributed by atoms with Crippen LogP contribution in [0.3, 0.4) is 0 Å². The Balaban J connectivity index is 1.49. The standard InChI is InChI=1S/C22H23F2N3O4/c23-15-4-6-17(7-5-15)26-22(30)27-19-9-8-18(31-20(19)13-28)11-21(29)25-12-14-2-1-3-16(24)10-14/h1-10,18-20,28H,11-13H2,(H,25,29)(H2,26,27,30)/t18-,19-,20+/m1/s1. The van der Waals surface area contributed by atoms with E-state index in [-0.39, 0.29) is 31.3 Å². The van der Waals surface area contributed by atoms with Gasteiger partial charge in [-0.05, 0) is 42.0 Å². The van der Waals surface area contributed by atoms with Crippen LogP contribution < -0.4 is 16.0 Å². The molecule has 7 nitrogen and oxygen atoms in total. The van der Waals surface area contributed by atoms with Crippen LogP contribution in [-0.2, 0) is 16.1 Å². The van der Waals surface area contributed by atoms with Gasteiger partial charge in [0.2, 0.25) is 5.91 Å². The summed E-state index contributed by atoms with van der Waals surface area (Å²) in [7, 11) is 0. The molecule has 0 saturated heterocycles. The normalized spacial score (nSPS) is 20.2. The van der Waals surface area contributed by atoms with Crippen LogP contribution in [0.1, 0.15) is 12.0 Å². The molecule has 0 aliphatic carbocycles. The molecule has 0 saturated carbocycles. The first kappa shape index (κ1) is 22.4. The van der Waals surface area contributed by atoms with Crippen molar-refractivity contribution in [3.8, 4) is 0 Å². The van der Waals surface area contributed by atoms with E-state index in [9.17, 15) is 23.5 Å². The lowest BCUT2D eigenvalue weighted by atomic mass is 10.0. The zero-order chi connectivity index (χ0) is 22.2. The molecule has 2 aromatic rings. The second-order valence-corrected chi connectivity index (χ2v) is 7.02. The van der Waals surface area contributed by atoms with Crippen LogP contribution >= 0.6 is 0 Å². The average Bonchev–Trinajstić information content (AvgIpc) is 2.75. The van der Waals surface area contributed by atoms with E-state index in [2.05, 4.69) is 16.0 Å². The summed E-state index contributed by atoms with van der Waals surface area (Å²) < 4.78 is 31.9. The Morgan fingerprint density at radius 2 is 1.81 bits per heavy atom. The molecule has 0 aromatic heterocycles. The van der Waals surface area contributed by atoms with E-state index in [1.807, 2.05) is 0 Å². The van der Waals surface area contributed by atoms with Gasteiger partial charge < -0.3 is 25.8 Å². The van der Waals surface area contributed by atoms with Crippen LogP contribution in [0.15, 0.2) is 60.7 Å². The lowest BCUT2D eigenvalue weighted by Crippen LogP contribution is -2.50. The van der Waals surface area contributed by atoms with E-state index in [0.29, 0.717) is 11.3 Å². The third kappa shape index (κ3) is 6.87. The maximum absolute atomic E-state index is 13.2. The molecule has 9 heteroatoms. The van der Waals surface area contributed by atoms with Crippen molar-refractivity contribution in [2.24, 2.45) is 0 Å². The summed E-state index contributed by atoms with van der Waals surface area (Å²) in [6, 6.07) is 10.1. The van der Waals surface area contributed by atoms with Crippen molar-refractivity contribution in [3.05, 3.63) is 77.9 Å². The number of nitrogens with one attached hydrogen (secondary N) is 3. The average molecular weight is 431 g/mol. The fraction of sp³-hybridized carbons (Fsp3) is 0.273. The Kier molecular flexibility index (Phi) is 7.69. The summed E-state index contributed by atoms with van der Waals surface area (Å²) in [4.78, 5) is 24.3. The van der Waals surface area contributed by atoms with E-state index < -0.39 is 30.1 Å². The number of carbonyl (C=O) groups excluding carboxylic acids is 2. The Labute approximate surface area is 178 Å². The van der Waals surface area contributed by atoms with Gasteiger partial charge in [-0.15, -0.1) is 0 Å². The van der Waals surface area contributed by atoms with Gasteiger partial charge in [-0.3, -0.25) is 4.79 Å². The Hall–Kier alpha value is -3.30. The molecular formula is C22H23F2N3O4. The molecule has 0 fully saturated rings. The van der Waals surface area contributed by atoms with Crippen LogP contribution in [0, 0.1) is 11.6 Å². The van der Waals surface area contributed by atoms with Crippen molar-refractivity contribution in [1.82, 2.24) is 10.6 Å². The predicted octanol–water partition coefficient (Wildman–Crippen LogP) is 2.48. The number of halogens is 2. The van der Waals surface area contributed by atoms with Crippen molar-refractivity contribution >= 4 is 17.6 Å². The summed E-state index contributed by atoms with van der Waals surface area (Å²) in [6.07, 6.45) is 1.97. The molecule has 0 radical (unpaired) electrons. The summed E-state index contributed by atoms with van der Waals surface area (Å²) in [5.41, 5.74) is 1.05. The highest BCUT2D eigenvalue weighted by Crippen LogP contribution is 2.16. The predicted molar refractivity (Wildman–Crippen MR) is 110 cm³/mol. The van der Waals surface area contributed by atoms with Gasteiger partial charge in [0.1, 0.15) is 17.7 Å². The first-order chi connectivity index (χ1) is 14.9. The van der Waals surface area contributed by atoms with Gasteiger partial charge in [0.05, 0.1) is 25.2 Å². The molecular weight excluding hydrogens is 408 g/mol. The Morgan fingerprint density at radius 3 is 2.52 bits per heavy atom. The highest BCUT2D eigenvalue weighted by molar-refractivity contribution is 5.89. The van der Waals surface area contributed by atoms with Gasteiger partial charge in [-0.25, -0.2) is 13.6 Å². The number of aliphatic hydroxyl groups is 1. The van der Waals surface area contributed by atoms with E-state index in [4.69, 9.17) is 4.74 Å². The van der Waals surface area contributed by atoms with E-state index in [0.717, 1.165) is 0 Å². The SMILES string of the molecule is O=C(C[C@H]1C=C[C@@H](NC(=O)Nc2ccc(F)cc2)[C@H](CO)O1)NCc1cccc(F)c1. The van der Waals surface area contributed by atoms with Crippen LogP contribution in [0.4, 0.5) is 19.3 Å². The molecule has 3 rings (SSSR count). The third-order valence-corrected chi connectivity index (χ3v) is 4.63. The summed E-state index contributed by atoms with van der Waals surface area (Å²) in [5, 5.41) is 17.5. The van der Waals surface area contributed by atoms with Gasteiger partial charge in [0.15, 0.2) is 0 Å². The van der Waals surface area contributed by atoms with Crippen LogP contribution in [0.2, 0.25) is 0 Å². The van der Waals surface area contributed by atoms with Crippen LogP contribution in [0.25, 0.3) is 0 Å². The molecule has 0 bridgehead atoms. The minimum absolute atomic E-state index is 0.0107. The Morgan fingerprint density at radius 1 is 1.03 bits per heavy atom. The molecule has 1 aliphatic rings. The van der Waals surface area contributed by atoms with E-state index >= 15 is 0 Å². The van der Waals surface area contributed by atoms with Crippen molar-refractivity contribution in [3.63, 3.8) is 0 Å². The molecule has 31 heavy (non-hydrogen) atoms. The highest BCUT2D eigenvalue weighted by atomic mass is 19.1. The van der Waals surface area contributed by atoms with E-state index in [1.165, 1.54) is 36.4 Å². The molecule has 4 N–H and O–H groups in total. The summed E-state index contributed by atoms with van der Waals surface area (Å²) >= 11 is 0.